The van der Waals surface area contributed by atoms with Gasteiger partial charge in [-0.3, -0.25) is 31.1 Å². The largest absolute Gasteiger partial charge is 0.469 e. The summed E-state index contributed by atoms with van der Waals surface area (Å²) in [7, 11) is 1.44. The standard InChI is InChI=1S/C43H59N5O6/c1-27(16-19-37(49)52-4)32-17-18-33-38-34(26-36(43(32,33)3)54-41(51)48-30-14-9-6-10-15-30)42(2)21-20-31(46-39-44-22-11-23-45-39)24-28(42)25-35(38)53-40(50)47-29-12-7-5-8-13-29/h5-10,12-15,27-28,31-36,38H,11,16-26H2,1-4H3,(H,47,50)(H,48,51)(H2,44,45,46)/p+1/t27-,28+,31-,32-,33+,34+,35-,36+,38+,42+,43-/m1/s1. The van der Waals surface area contributed by atoms with Gasteiger partial charge in [0.15, 0.2) is 0 Å². The van der Waals surface area contributed by atoms with Gasteiger partial charge in [0, 0.05) is 35.5 Å². The van der Waals surface area contributed by atoms with Gasteiger partial charge in [-0.1, -0.05) is 57.2 Å². The third-order valence-corrected chi connectivity index (χ3v) is 14.4. The van der Waals surface area contributed by atoms with E-state index in [0.29, 0.717) is 42.6 Å². The number of para-hydroxylation sites is 2. The summed E-state index contributed by atoms with van der Waals surface area (Å²) in [6, 6.07) is 19.2. The number of rotatable bonds is 9. The van der Waals surface area contributed by atoms with Gasteiger partial charge in [0.2, 0.25) is 0 Å². The Kier molecular flexibility index (Phi) is 11.4. The van der Waals surface area contributed by atoms with Crippen LogP contribution in [0.5, 0.6) is 0 Å². The quantitative estimate of drug-likeness (QED) is 0.154. The molecule has 2 aromatic rings. The number of guanidine groups is 1. The second-order valence-electron chi connectivity index (χ2n) is 17.1. The number of methoxy groups -OCH3 is 1. The number of ether oxygens (including phenoxy) is 3. The van der Waals surface area contributed by atoms with E-state index in [1.165, 1.54) is 7.11 Å². The van der Waals surface area contributed by atoms with Gasteiger partial charge in [0.25, 0.3) is 0 Å². The number of benzene rings is 2. The number of nitrogens with one attached hydrogen (secondary N) is 5. The number of esters is 1. The summed E-state index contributed by atoms with van der Waals surface area (Å²) in [5, 5.41) is 13.3. The highest BCUT2D eigenvalue weighted by atomic mass is 16.6. The zero-order valence-electron chi connectivity index (χ0n) is 32.4. The number of anilines is 2. The molecule has 54 heavy (non-hydrogen) atoms. The molecule has 0 saturated heterocycles. The Morgan fingerprint density at radius 3 is 2.22 bits per heavy atom. The molecule has 0 bridgehead atoms. The molecule has 4 saturated carbocycles. The lowest BCUT2D eigenvalue weighted by atomic mass is 9.43. The minimum atomic E-state index is -0.442. The number of fused-ring (bicyclic) bond motifs is 5. The maximum Gasteiger partial charge on any atom is 0.411 e. The van der Waals surface area contributed by atoms with E-state index in [9.17, 15) is 14.4 Å². The first-order chi connectivity index (χ1) is 26.1. The third kappa shape index (κ3) is 7.78. The summed E-state index contributed by atoms with van der Waals surface area (Å²) in [5.74, 6) is 1.97. The highest BCUT2D eigenvalue weighted by Crippen LogP contribution is 2.69. The van der Waals surface area contributed by atoms with E-state index in [0.717, 1.165) is 64.0 Å². The summed E-state index contributed by atoms with van der Waals surface area (Å²) in [4.78, 5) is 43.3. The van der Waals surface area contributed by atoms with Crippen molar-refractivity contribution in [1.29, 1.82) is 0 Å². The molecule has 2 aromatic carbocycles. The molecule has 11 heteroatoms. The summed E-state index contributed by atoms with van der Waals surface area (Å²) in [6.45, 7) is 8.93. The Morgan fingerprint density at radius 1 is 0.889 bits per heavy atom. The molecule has 11 nitrogen and oxygen atoms in total. The van der Waals surface area contributed by atoms with Crippen LogP contribution in [0.15, 0.2) is 60.7 Å². The van der Waals surface area contributed by atoms with Crippen LogP contribution in [0.1, 0.15) is 85.0 Å². The van der Waals surface area contributed by atoms with Gasteiger partial charge in [0.05, 0.1) is 26.2 Å². The number of carbonyl (C=O) groups excluding carboxylic acids is 3. The monoisotopic (exact) mass is 742 g/mol. The third-order valence-electron chi connectivity index (χ3n) is 14.4. The van der Waals surface area contributed by atoms with Gasteiger partial charge in [-0.2, -0.15) is 0 Å². The van der Waals surface area contributed by atoms with Crippen molar-refractivity contribution in [2.75, 3.05) is 30.8 Å². The minimum absolute atomic E-state index is 0.0237. The van der Waals surface area contributed by atoms with Crippen molar-refractivity contribution >= 4 is 35.5 Å². The first-order valence-electron chi connectivity index (χ1n) is 20.3. The molecular weight excluding hydrogens is 683 g/mol. The van der Waals surface area contributed by atoms with Crippen molar-refractivity contribution in [2.24, 2.45) is 46.3 Å². The van der Waals surface area contributed by atoms with Gasteiger partial charge in [-0.15, -0.1) is 0 Å². The van der Waals surface area contributed by atoms with Crippen LogP contribution in [0.4, 0.5) is 21.0 Å². The fourth-order valence-corrected chi connectivity index (χ4v) is 11.7. The molecule has 0 spiro atoms. The fourth-order valence-electron chi connectivity index (χ4n) is 11.7. The molecule has 292 valence electrons. The van der Waals surface area contributed by atoms with E-state index in [1.807, 2.05) is 60.7 Å². The average Bonchev–Trinajstić information content (AvgIpc) is 3.53. The van der Waals surface area contributed by atoms with E-state index in [1.54, 1.807) is 0 Å². The summed E-state index contributed by atoms with van der Waals surface area (Å²) in [5.41, 5.74) is 0.988. The van der Waals surface area contributed by atoms with Crippen LogP contribution in [-0.2, 0) is 19.0 Å². The molecular formula is C43H60N5O6+. The number of hydrogen-bond donors (Lipinski definition) is 5. The maximum atomic E-state index is 13.8. The highest BCUT2D eigenvalue weighted by Gasteiger charge is 2.68. The Balaban J connectivity index is 1.21. The lowest BCUT2D eigenvalue weighted by Gasteiger charge is -2.64. The molecule has 0 unspecified atom stereocenters. The van der Waals surface area contributed by atoms with Crippen LogP contribution < -0.4 is 26.3 Å². The first kappa shape index (κ1) is 38.0. The van der Waals surface area contributed by atoms with Gasteiger partial charge in [-0.05, 0) is 111 Å². The van der Waals surface area contributed by atoms with Gasteiger partial charge in [0.1, 0.15) is 12.2 Å². The molecule has 0 radical (unpaired) electrons. The predicted octanol–water partition coefficient (Wildman–Crippen LogP) is 6.08. The second kappa shape index (κ2) is 16.2. The SMILES string of the molecule is COC(=O)CC[C@@H](C)[C@H]1CC[C@H]2[C@@H]3[C@H](OC(=O)Nc4ccccc4)C[C@@H]4C[C@H](NC5=[NH+]CCCN5)CC[C@]4(C)[C@H]3C[C@H](OC(=O)Nc3ccccc3)[C@]12C. The van der Waals surface area contributed by atoms with E-state index >= 15 is 0 Å². The normalized spacial score (nSPS) is 34.6. The Hall–Kier alpha value is -4.28. The summed E-state index contributed by atoms with van der Waals surface area (Å²) >= 11 is 0. The smallest absolute Gasteiger partial charge is 0.411 e. The molecule has 1 heterocycles. The van der Waals surface area contributed by atoms with Crippen molar-refractivity contribution in [3.8, 4) is 0 Å². The van der Waals surface area contributed by atoms with Crippen LogP contribution >= 0.6 is 0 Å². The lowest BCUT2D eigenvalue weighted by Crippen LogP contribution is -2.83. The van der Waals surface area contributed by atoms with Gasteiger partial charge < -0.3 is 14.2 Å². The molecule has 7 rings (SSSR count). The Morgan fingerprint density at radius 2 is 1.57 bits per heavy atom. The first-order valence-corrected chi connectivity index (χ1v) is 20.3. The summed E-state index contributed by atoms with van der Waals surface area (Å²) < 4.78 is 18.3. The van der Waals surface area contributed by atoms with Gasteiger partial charge >= 0.3 is 24.1 Å². The van der Waals surface area contributed by atoms with Gasteiger partial charge in [-0.25, -0.2) is 9.59 Å². The molecule has 1 aliphatic heterocycles. The van der Waals surface area contributed by atoms with Crippen LogP contribution in [0.3, 0.4) is 0 Å². The Labute approximate surface area is 320 Å². The van der Waals surface area contributed by atoms with Crippen LogP contribution in [0, 0.1) is 46.3 Å². The second-order valence-corrected chi connectivity index (χ2v) is 17.1. The predicted molar refractivity (Wildman–Crippen MR) is 207 cm³/mol. The number of hydrogen-bond acceptors (Lipinski definition) is 8. The van der Waals surface area contributed by atoms with Crippen molar-refractivity contribution in [1.82, 2.24) is 10.6 Å². The van der Waals surface area contributed by atoms with Crippen LogP contribution in [0.25, 0.3) is 0 Å². The van der Waals surface area contributed by atoms with Crippen molar-refractivity contribution in [3.63, 3.8) is 0 Å². The van der Waals surface area contributed by atoms with E-state index in [-0.39, 0.29) is 58.6 Å². The van der Waals surface area contributed by atoms with Crippen molar-refractivity contribution < 1.29 is 33.6 Å². The molecule has 4 fully saturated rings. The summed E-state index contributed by atoms with van der Waals surface area (Å²) in [6.07, 6.45) is 7.11. The van der Waals surface area contributed by atoms with E-state index < -0.39 is 12.2 Å². The fraction of sp³-hybridized carbons (Fsp3) is 0.628. The van der Waals surface area contributed by atoms with E-state index in [2.05, 4.69) is 47.0 Å². The molecule has 0 aromatic heterocycles. The molecule has 4 aliphatic carbocycles. The van der Waals surface area contributed by atoms with E-state index in [4.69, 9.17) is 14.2 Å². The van der Waals surface area contributed by atoms with Crippen LogP contribution in [-0.4, -0.2) is 62.6 Å². The minimum Gasteiger partial charge on any atom is -0.469 e. The Bertz CT molecular complexity index is 1660. The maximum absolute atomic E-state index is 13.8. The zero-order valence-corrected chi connectivity index (χ0v) is 32.4. The molecule has 5 aliphatic rings. The number of carbonyl (C=O) groups is 3. The molecule has 2 amide bonds. The molecule has 11 atom stereocenters. The average molecular weight is 743 g/mol. The zero-order chi connectivity index (χ0) is 37.9. The van der Waals surface area contributed by atoms with Crippen LogP contribution in [0.2, 0.25) is 0 Å². The topological polar surface area (TPSA) is 141 Å². The van der Waals surface area contributed by atoms with Crippen molar-refractivity contribution in [3.05, 3.63) is 60.7 Å². The lowest BCUT2D eigenvalue weighted by molar-refractivity contribution is -0.467. The van der Waals surface area contributed by atoms with Crippen molar-refractivity contribution in [2.45, 2.75) is 103 Å². The highest BCUT2D eigenvalue weighted by molar-refractivity contribution is 5.85. The number of amides is 2. The molecule has 5 N–H and O–H groups in total.